The van der Waals surface area contributed by atoms with E-state index in [1.807, 2.05) is 18.2 Å². The molecule has 0 bridgehead atoms. The Morgan fingerprint density at radius 3 is 2.78 bits per heavy atom. The first kappa shape index (κ1) is 22.9. The first-order chi connectivity index (χ1) is 15.3. The van der Waals surface area contributed by atoms with E-state index in [0.29, 0.717) is 6.54 Å². The number of fused-ring (bicyclic) bond motifs is 1. The Morgan fingerprint density at radius 2 is 2.03 bits per heavy atom. The average Bonchev–Trinajstić information content (AvgIpc) is 3.09. The summed E-state index contributed by atoms with van der Waals surface area (Å²) in [4.78, 5) is 5.93. The number of benzene rings is 2. The number of H-pyrrole nitrogens is 1. The van der Waals surface area contributed by atoms with Gasteiger partial charge in [0.05, 0.1) is 4.90 Å². The molecule has 1 aromatic heterocycles. The van der Waals surface area contributed by atoms with E-state index < -0.39 is 10.0 Å². The summed E-state index contributed by atoms with van der Waals surface area (Å²) in [5.41, 5.74) is 4.90. The number of nitrogens with zero attached hydrogens (tertiary/aromatic N) is 1. The largest absolute Gasteiger partial charge is 0.508 e. The third-order valence-corrected chi connectivity index (χ3v) is 7.58. The number of aryl methyl sites for hydroxylation is 1. The highest BCUT2D eigenvalue weighted by molar-refractivity contribution is 7.89. The molecule has 8 heteroatoms. The third-order valence-electron chi connectivity index (χ3n) is 5.88. The first-order valence-electron chi connectivity index (χ1n) is 10.8. The lowest BCUT2D eigenvalue weighted by Gasteiger charge is -2.26. The van der Waals surface area contributed by atoms with Crippen molar-refractivity contribution in [2.75, 3.05) is 26.2 Å². The summed E-state index contributed by atoms with van der Waals surface area (Å²) in [7, 11) is -3.59. The second kappa shape index (κ2) is 9.67. The Kier molecular flexibility index (Phi) is 6.90. The van der Waals surface area contributed by atoms with E-state index in [9.17, 15) is 13.5 Å². The van der Waals surface area contributed by atoms with Crippen LogP contribution in [0.25, 0.3) is 16.5 Å². The highest BCUT2D eigenvalue weighted by Crippen LogP contribution is 2.33. The van der Waals surface area contributed by atoms with Crippen LogP contribution in [0.5, 0.6) is 5.75 Å². The lowest BCUT2D eigenvalue weighted by atomic mass is 9.96. The van der Waals surface area contributed by atoms with Gasteiger partial charge in [-0.15, -0.1) is 0 Å². The Labute approximate surface area is 194 Å². The molecule has 170 valence electrons. The highest BCUT2D eigenvalue weighted by Gasteiger charge is 2.18. The van der Waals surface area contributed by atoms with Crippen molar-refractivity contribution in [1.82, 2.24) is 14.6 Å². The molecule has 32 heavy (non-hydrogen) atoms. The van der Waals surface area contributed by atoms with E-state index in [1.54, 1.807) is 0 Å². The summed E-state index contributed by atoms with van der Waals surface area (Å²) in [5.74, 6) is -0.0590. The van der Waals surface area contributed by atoms with Crippen molar-refractivity contribution in [1.29, 1.82) is 0 Å². The number of sulfonamides is 1. The molecule has 0 spiro atoms. The summed E-state index contributed by atoms with van der Waals surface area (Å²) in [5, 5.41) is 11.4. The van der Waals surface area contributed by atoms with E-state index in [-0.39, 0.29) is 10.6 Å². The van der Waals surface area contributed by atoms with Gasteiger partial charge in [0.15, 0.2) is 0 Å². The van der Waals surface area contributed by atoms with E-state index >= 15 is 0 Å². The van der Waals surface area contributed by atoms with Crippen molar-refractivity contribution in [3.8, 4) is 5.75 Å². The zero-order valence-corrected chi connectivity index (χ0v) is 19.6. The molecule has 0 radical (unpaired) electrons. The maximum Gasteiger partial charge on any atom is 0.240 e. The molecule has 0 amide bonds. The summed E-state index contributed by atoms with van der Waals surface area (Å²) in [6, 6.07) is 11.7. The number of unbranched alkanes of at least 4 members (excludes halogenated alkanes) is 1. The van der Waals surface area contributed by atoms with Gasteiger partial charge in [0.2, 0.25) is 10.0 Å². The number of halogens is 1. The smallest absolute Gasteiger partial charge is 0.240 e. The predicted molar refractivity (Wildman–Crippen MR) is 130 cm³/mol. The van der Waals surface area contributed by atoms with Crippen LogP contribution in [0.3, 0.4) is 0 Å². The number of hydrogen-bond donors (Lipinski definition) is 3. The molecule has 0 fully saturated rings. The molecule has 2 heterocycles. The Bertz CT molecular complexity index is 1250. The van der Waals surface area contributed by atoms with Crippen LogP contribution in [0.2, 0.25) is 5.02 Å². The summed E-state index contributed by atoms with van der Waals surface area (Å²) in [6.45, 7) is 5.28. The van der Waals surface area contributed by atoms with Crippen LogP contribution in [0, 0.1) is 6.92 Å². The molecule has 6 nitrogen and oxygen atoms in total. The molecular weight excluding hydrogens is 446 g/mol. The normalized spacial score (nSPS) is 15.2. The molecule has 0 saturated carbocycles. The lowest BCUT2D eigenvalue weighted by molar-refractivity contribution is 0.295. The second-order valence-electron chi connectivity index (χ2n) is 8.20. The summed E-state index contributed by atoms with van der Waals surface area (Å²) >= 11 is 6.22. The zero-order valence-electron chi connectivity index (χ0n) is 18.1. The quantitative estimate of drug-likeness (QED) is 0.414. The number of phenols is 1. The fraction of sp³-hybridized carbons (Fsp3) is 0.333. The number of hydrogen-bond acceptors (Lipinski definition) is 4. The van der Waals surface area contributed by atoms with Gasteiger partial charge in [0.1, 0.15) is 5.75 Å². The highest BCUT2D eigenvalue weighted by atomic mass is 35.5. The van der Waals surface area contributed by atoms with Gasteiger partial charge < -0.3 is 10.1 Å². The second-order valence-corrected chi connectivity index (χ2v) is 10.4. The topological polar surface area (TPSA) is 85.4 Å². The van der Waals surface area contributed by atoms with Crippen LogP contribution in [0.4, 0.5) is 0 Å². The van der Waals surface area contributed by atoms with Crippen molar-refractivity contribution in [2.45, 2.75) is 31.1 Å². The van der Waals surface area contributed by atoms with Crippen molar-refractivity contribution >= 4 is 38.1 Å². The van der Waals surface area contributed by atoms with Crippen LogP contribution in [0.1, 0.15) is 30.5 Å². The minimum atomic E-state index is -3.59. The molecule has 2 aromatic carbocycles. The number of phenolic OH excluding ortho intramolecular Hbond substituents is 1. The molecule has 1 aliphatic rings. The summed E-state index contributed by atoms with van der Waals surface area (Å²) in [6.07, 6.45) is 4.94. The monoisotopic (exact) mass is 473 g/mol. The fourth-order valence-corrected chi connectivity index (χ4v) is 5.54. The third kappa shape index (κ3) is 5.18. The van der Waals surface area contributed by atoms with E-state index in [0.717, 1.165) is 49.4 Å². The Hall–Kier alpha value is -2.32. The minimum Gasteiger partial charge on any atom is -0.508 e. The van der Waals surface area contributed by atoms with Crippen LogP contribution in [-0.4, -0.2) is 49.6 Å². The van der Waals surface area contributed by atoms with E-state index in [2.05, 4.69) is 27.6 Å². The number of rotatable bonds is 8. The standard InChI is InChI=1S/C24H28ClN3O3S/c1-17-24(22-15-19(25)7-8-23(22)27-17)18-9-13-28(14-10-18)12-3-2-11-26-32(30,31)21-6-4-5-20(29)16-21/h4-9,15-16,26-27,29H,2-3,10-14H2,1H3. The lowest BCUT2D eigenvalue weighted by Crippen LogP contribution is -2.30. The fourth-order valence-electron chi connectivity index (χ4n) is 4.25. The van der Waals surface area contributed by atoms with Crippen molar-refractivity contribution < 1.29 is 13.5 Å². The maximum absolute atomic E-state index is 12.3. The van der Waals surface area contributed by atoms with Gasteiger partial charge in [-0.1, -0.05) is 23.7 Å². The van der Waals surface area contributed by atoms with E-state index in [4.69, 9.17) is 11.6 Å². The van der Waals surface area contributed by atoms with Crippen LogP contribution >= 0.6 is 11.6 Å². The van der Waals surface area contributed by atoms with Crippen LogP contribution < -0.4 is 4.72 Å². The SMILES string of the molecule is Cc1[nH]c2ccc(Cl)cc2c1C1=CCN(CCCCNS(=O)(=O)c2cccc(O)c2)CC1. The molecule has 3 aromatic rings. The van der Waals surface area contributed by atoms with Gasteiger partial charge in [-0.2, -0.15) is 0 Å². The molecule has 1 aliphatic heterocycles. The predicted octanol–water partition coefficient (Wildman–Crippen LogP) is 4.68. The van der Waals surface area contributed by atoms with Gasteiger partial charge in [-0.05, 0) is 74.7 Å². The molecule has 3 N–H and O–H groups in total. The van der Waals surface area contributed by atoms with E-state index in [1.165, 1.54) is 46.5 Å². The van der Waals surface area contributed by atoms with Gasteiger partial charge in [0.25, 0.3) is 0 Å². The number of nitrogens with one attached hydrogen (secondary N) is 2. The Morgan fingerprint density at radius 1 is 1.19 bits per heavy atom. The van der Waals surface area contributed by atoms with Gasteiger partial charge >= 0.3 is 0 Å². The Balaban J connectivity index is 1.27. The number of aromatic amines is 1. The zero-order chi connectivity index (χ0) is 22.7. The first-order valence-corrected chi connectivity index (χ1v) is 12.7. The molecule has 0 atom stereocenters. The van der Waals surface area contributed by atoms with Crippen LogP contribution in [-0.2, 0) is 10.0 Å². The van der Waals surface area contributed by atoms with Crippen LogP contribution in [0.15, 0.2) is 53.4 Å². The molecule has 0 saturated heterocycles. The molecule has 0 unspecified atom stereocenters. The number of aromatic nitrogens is 1. The molecule has 4 rings (SSSR count). The van der Waals surface area contributed by atoms with Crippen molar-refractivity contribution in [3.05, 3.63) is 64.8 Å². The minimum absolute atomic E-state index is 0.0590. The van der Waals surface area contributed by atoms with Gasteiger partial charge in [-0.25, -0.2) is 13.1 Å². The van der Waals surface area contributed by atoms with Crippen molar-refractivity contribution in [3.63, 3.8) is 0 Å². The van der Waals surface area contributed by atoms with Crippen molar-refractivity contribution in [2.24, 2.45) is 0 Å². The molecule has 0 aliphatic carbocycles. The summed E-state index contributed by atoms with van der Waals surface area (Å²) < 4.78 is 27.2. The number of aromatic hydroxyl groups is 1. The maximum atomic E-state index is 12.3. The van der Waals surface area contributed by atoms with Gasteiger partial charge in [0, 0.05) is 46.8 Å². The average molecular weight is 474 g/mol. The van der Waals surface area contributed by atoms with Gasteiger partial charge in [-0.3, -0.25) is 4.90 Å². The molecular formula is C24H28ClN3O3S.